The summed E-state index contributed by atoms with van der Waals surface area (Å²) in [5, 5.41) is 3.64. The molecule has 1 heterocycles. The van der Waals surface area contributed by atoms with E-state index >= 15 is 0 Å². The molecule has 1 unspecified atom stereocenters. The van der Waals surface area contributed by atoms with Crippen LogP contribution in [0.5, 0.6) is 0 Å². The Balaban J connectivity index is 1.83. The van der Waals surface area contributed by atoms with E-state index in [1.807, 2.05) is 17.8 Å². The van der Waals surface area contributed by atoms with Gasteiger partial charge in [-0.05, 0) is 30.9 Å². The van der Waals surface area contributed by atoms with Crippen molar-refractivity contribution in [2.75, 3.05) is 18.1 Å². The van der Waals surface area contributed by atoms with Crippen LogP contribution in [-0.2, 0) is 6.42 Å². The highest BCUT2D eigenvalue weighted by atomic mass is 35.5. The van der Waals surface area contributed by atoms with E-state index in [9.17, 15) is 0 Å². The van der Waals surface area contributed by atoms with Gasteiger partial charge in [0.15, 0.2) is 0 Å². The van der Waals surface area contributed by atoms with Gasteiger partial charge in [0.05, 0.1) is 4.34 Å². The third kappa shape index (κ3) is 3.75. The summed E-state index contributed by atoms with van der Waals surface area (Å²) in [6, 6.07) is 2.67. The predicted octanol–water partition coefficient (Wildman–Crippen LogP) is 4.29. The molecule has 0 saturated carbocycles. The molecule has 0 aromatic carbocycles. The summed E-state index contributed by atoms with van der Waals surface area (Å²) in [6.07, 6.45) is 5.69. The monoisotopic (exact) mass is 287 g/mol. The molecule has 1 aliphatic rings. The molecular formula is C13H18ClNS2. The van der Waals surface area contributed by atoms with Crippen LogP contribution in [0.3, 0.4) is 0 Å². The first kappa shape index (κ1) is 13.5. The molecule has 2 rings (SSSR count). The van der Waals surface area contributed by atoms with Crippen LogP contribution < -0.4 is 5.32 Å². The quantitative estimate of drug-likeness (QED) is 0.619. The Morgan fingerprint density at radius 3 is 3.35 bits per heavy atom. The summed E-state index contributed by atoms with van der Waals surface area (Å²) < 4.78 is 0.935. The van der Waals surface area contributed by atoms with Gasteiger partial charge < -0.3 is 5.32 Å². The SMILES string of the molecule is C=CCSCCNC1CCCc2sc(Cl)cc21. The summed E-state index contributed by atoms with van der Waals surface area (Å²) in [5.74, 6) is 2.19. The largest absolute Gasteiger partial charge is 0.309 e. The summed E-state index contributed by atoms with van der Waals surface area (Å²) in [7, 11) is 0. The number of fused-ring (bicyclic) bond motifs is 1. The lowest BCUT2D eigenvalue weighted by atomic mass is 9.94. The number of thioether (sulfide) groups is 1. The molecule has 1 aromatic heterocycles. The first-order chi connectivity index (χ1) is 8.31. The molecule has 0 fully saturated rings. The van der Waals surface area contributed by atoms with Gasteiger partial charge in [-0.2, -0.15) is 11.8 Å². The zero-order valence-corrected chi connectivity index (χ0v) is 12.3. The van der Waals surface area contributed by atoms with Crippen LogP contribution in [0.2, 0.25) is 4.34 Å². The second-order valence-corrected chi connectivity index (χ2v) is 7.11. The summed E-state index contributed by atoms with van der Waals surface area (Å²) >= 11 is 9.77. The van der Waals surface area contributed by atoms with Gasteiger partial charge in [-0.25, -0.2) is 0 Å². The van der Waals surface area contributed by atoms with Gasteiger partial charge in [0.1, 0.15) is 0 Å². The van der Waals surface area contributed by atoms with Crippen LogP contribution in [0, 0.1) is 0 Å². The average Bonchev–Trinajstić information content (AvgIpc) is 2.70. The molecule has 0 bridgehead atoms. The molecule has 1 nitrogen and oxygen atoms in total. The van der Waals surface area contributed by atoms with Crippen LogP contribution in [0.25, 0.3) is 0 Å². The lowest BCUT2D eigenvalue weighted by Crippen LogP contribution is -2.26. The molecule has 0 spiro atoms. The number of nitrogens with one attached hydrogen (secondary N) is 1. The van der Waals surface area contributed by atoms with Crippen molar-refractivity contribution < 1.29 is 0 Å². The Bertz CT molecular complexity index is 375. The summed E-state index contributed by atoms with van der Waals surface area (Å²) in [6.45, 7) is 4.79. The summed E-state index contributed by atoms with van der Waals surface area (Å²) in [5.41, 5.74) is 1.44. The van der Waals surface area contributed by atoms with E-state index < -0.39 is 0 Å². The predicted molar refractivity (Wildman–Crippen MR) is 80.5 cm³/mol. The van der Waals surface area contributed by atoms with Gasteiger partial charge in [0, 0.05) is 29.0 Å². The van der Waals surface area contributed by atoms with Crippen molar-refractivity contribution >= 4 is 34.7 Å². The Morgan fingerprint density at radius 2 is 2.53 bits per heavy atom. The van der Waals surface area contributed by atoms with E-state index in [0.29, 0.717) is 6.04 Å². The molecule has 1 N–H and O–H groups in total. The number of aryl methyl sites for hydroxylation is 1. The van der Waals surface area contributed by atoms with Crippen molar-refractivity contribution in [3.63, 3.8) is 0 Å². The van der Waals surface area contributed by atoms with Crippen LogP contribution in [-0.4, -0.2) is 18.1 Å². The van der Waals surface area contributed by atoms with Gasteiger partial charge in [0.25, 0.3) is 0 Å². The minimum atomic E-state index is 0.520. The van der Waals surface area contributed by atoms with E-state index in [-0.39, 0.29) is 0 Å². The molecule has 1 aliphatic carbocycles. The zero-order chi connectivity index (χ0) is 12.1. The second-order valence-electron chi connectivity index (χ2n) is 4.19. The van der Waals surface area contributed by atoms with Gasteiger partial charge in [-0.1, -0.05) is 17.7 Å². The topological polar surface area (TPSA) is 12.0 Å². The van der Waals surface area contributed by atoms with E-state index in [1.54, 1.807) is 11.3 Å². The molecule has 0 saturated heterocycles. The molecule has 1 aromatic rings. The third-order valence-electron chi connectivity index (χ3n) is 2.96. The number of hydrogen-bond acceptors (Lipinski definition) is 3. The Morgan fingerprint density at radius 1 is 1.65 bits per heavy atom. The van der Waals surface area contributed by atoms with Gasteiger partial charge in [0.2, 0.25) is 0 Å². The average molecular weight is 288 g/mol. The minimum Gasteiger partial charge on any atom is -0.309 e. The van der Waals surface area contributed by atoms with Crippen molar-refractivity contribution in [3.05, 3.63) is 33.5 Å². The van der Waals surface area contributed by atoms with Gasteiger partial charge in [-0.3, -0.25) is 0 Å². The van der Waals surface area contributed by atoms with Crippen molar-refractivity contribution in [2.24, 2.45) is 0 Å². The van der Waals surface area contributed by atoms with E-state index in [4.69, 9.17) is 11.6 Å². The maximum atomic E-state index is 6.09. The van der Waals surface area contributed by atoms with Gasteiger partial charge >= 0.3 is 0 Å². The third-order valence-corrected chi connectivity index (χ3v) is 5.26. The van der Waals surface area contributed by atoms with E-state index in [2.05, 4.69) is 18.0 Å². The fourth-order valence-electron chi connectivity index (χ4n) is 2.21. The standard InChI is InChI=1S/C13H18ClNS2/c1-2-7-16-8-6-15-11-4-3-5-12-10(11)9-13(14)17-12/h2,9,11,15H,1,3-8H2. The fraction of sp³-hybridized carbons (Fsp3) is 0.538. The van der Waals surface area contributed by atoms with Crippen LogP contribution in [0.4, 0.5) is 0 Å². The van der Waals surface area contributed by atoms with Crippen molar-refractivity contribution in [3.8, 4) is 0 Å². The Labute approximate surface area is 117 Å². The normalized spacial score (nSPS) is 19.0. The Hall–Kier alpha value is 0.0400. The fourth-order valence-corrected chi connectivity index (χ4v) is 4.18. The highest BCUT2D eigenvalue weighted by Crippen LogP contribution is 2.37. The van der Waals surface area contributed by atoms with Crippen LogP contribution in [0.1, 0.15) is 29.3 Å². The van der Waals surface area contributed by atoms with Crippen molar-refractivity contribution in [1.82, 2.24) is 5.32 Å². The summed E-state index contributed by atoms with van der Waals surface area (Å²) in [4.78, 5) is 1.48. The lowest BCUT2D eigenvalue weighted by molar-refractivity contribution is 0.478. The number of thiophene rings is 1. The first-order valence-electron chi connectivity index (χ1n) is 6.01. The first-order valence-corrected chi connectivity index (χ1v) is 8.36. The maximum absolute atomic E-state index is 6.09. The van der Waals surface area contributed by atoms with E-state index in [1.165, 1.54) is 29.7 Å². The molecule has 1 atom stereocenters. The number of rotatable bonds is 6. The van der Waals surface area contributed by atoms with E-state index in [0.717, 1.165) is 22.4 Å². The highest BCUT2D eigenvalue weighted by molar-refractivity contribution is 7.99. The molecular weight excluding hydrogens is 270 g/mol. The van der Waals surface area contributed by atoms with Crippen molar-refractivity contribution in [1.29, 1.82) is 0 Å². The van der Waals surface area contributed by atoms with Crippen molar-refractivity contribution in [2.45, 2.75) is 25.3 Å². The second kappa shape index (κ2) is 6.83. The molecule has 0 radical (unpaired) electrons. The smallest absolute Gasteiger partial charge is 0.0934 e. The molecule has 17 heavy (non-hydrogen) atoms. The molecule has 4 heteroatoms. The zero-order valence-electron chi connectivity index (χ0n) is 9.88. The highest BCUT2D eigenvalue weighted by Gasteiger charge is 2.21. The van der Waals surface area contributed by atoms with Crippen LogP contribution in [0.15, 0.2) is 18.7 Å². The minimum absolute atomic E-state index is 0.520. The van der Waals surface area contributed by atoms with Gasteiger partial charge in [-0.15, -0.1) is 17.9 Å². The lowest BCUT2D eigenvalue weighted by Gasteiger charge is -2.23. The Kier molecular flexibility index (Phi) is 5.42. The molecule has 0 amide bonds. The molecule has 0 aliphatic heterocycles. The number of hydrogen-bond donors (Lipinski definition) is 1. The van der Waals surface area contributed by atoms with Crippen LogP contribution >= 0.6 is 34.7 Å². The number of halogens is 1. The molecule has 94 valence electrons. The maximum Gasteiger partial charge on any atom is 0.0934 e.